The number of carbonyl (C=O) groups excluding carboxylic acids is 1. The van der Waals surface area contributed by atoms with Crippen LogP contribution in [0.3, 0.4) is 0 Å². The smallest absolute Gasteiger partial charge is 0.317 e. The first-order valence-electron chi connectivity index (χ1n) is 9.80. The highest BCUT2D eigenvalue weighted by Gasteiger charge is 2.26. The number of hydrogen-bond donors (Lipinski definition) is 2. The van der Waals surface area contributed by atoms with E-state index >= 15 is 0 Å². The molecule has 27 heavy (non-hydrogen) atoms. The number of amides is 2. The van der Waals surface area contributed by atoms with Crippen LogP contribution in [0.1, 0.15) is 48.4 Å². The van der Waals surface area contributed by atoms with Crippen molar-refractivity contribution in [1.29, 1.82) is 0 Å². The summed E-state index contributed by atoms with van der Waals surface area (Å²) < 4.78 is 0. The third-order valence-electron chi connectivity index (χ3n) is 5.84. The second-order valence-corrected chi connectivity index (χ2v) is 7.58. The van der Waals surface area contributed by atoms with E-state index in [2.05, 4.69) is 66.7 Å². The number of piperidine rings is 1. The number of nitrogens with zero attached hydrogens (tertiary/aromatic N) is 1. The molecule has 2 N–H and O–H groups in total. The monoisotopic (exact) mass is 361 g/mol. The van der Waals surface area contributed by atoms with E-state index in [1.54, 1.807) is 0 Å². The topological polar surface area (TPSA) is 48.1 Å². The largest absolute Gasteiger partial charge is 0.361 e. The fraction of sp³-hybridized carbons (Fsp3) is 0.348. The summed E-state index contributed by atoms with van der Waals surface area (Å²) in [5, 5.41) is 4.48. The highest BCUT2D eigenvalue weighted by Crippen LogP contribution is 2.33. The summed E-state index contributed by atoms with van der Waals surface area (Å²) >= 11 is 0. The van der Waals surface area contributed by atoms with Gasteiger partial charge in [-0.05, 0) is 55.4 Å². The van der Waals surface area contributed by atoms with Crippen LogP contribution < -0.4 is 5.32 Å². The van der Waals surface area contributed by atoms with Crippen molar-refractivity contribution in [2.45, 2.75) is 38.6 Å². The van der Waals surface area contributed by atoms with Gasteiger partial charge in [-0.2, -0.15) is 0 Å². The van der Waals surface area contributed by atoms with Gasteiger partial charge in [-0.25, -0.2) is 4.79 Å². The van der Waals surface area contributed by atoms with Crippen molar-refractivity contribution in [2.75, 3.05) is 13.1 Å². The van der Waals surface area contributed by atoms with E-state index in [4.69, 9.17) is 0 Å². The van der Waals surface area contributed by atoms with Gasteiger partial charge in [-0.1, -0.05) is 42.5 Å². The summed E-state index contributed by atoms with van der Waals surface area (Å²) in [5.74, 6) is 0.513. The number of rotatable bonds is 3. The predicted octanol–water partition coefficient (Wildman–Crippen LogP) is 5.13. The van der Waals surface area contributed by atoms with E-state index in [1.807, 2.05) is 17.0 Å². The summed E-state index contributed by atoms with van der Waals surface area (Å²) in [5.41, 5.74) is 4.97. The Morgan fingerprint density at radius 2 is 1.81 bits per heavy atom. The fourth-order valence-corrected chi connectivity index (χ4v) is 4.25. The zero-order valence-corrected chi connectivity index (χ0v) is 16.0. The van der Waals surface area contributed by atoms with Crippen LogP contribution in [0.15, 0.2) is 54.7 Å². The maximum absolute atomic E-state index is 12.7. The van der Waals surface area contributed by atoms with Crippen LogP contribution in [0.2, 0.25) is 0 Å². The minimum atomic E-state index is 0.0186. The average molecular weight is 361 g/mol. The van der Waals surface area contributed by atoms with Crippen LogP contribution in [-0.2, 0) is 0 Å². The SMILES string of the molecule is Cc1ccccc1C(C)NC(=O)N1CCC(c2c[nH]c3ccccc23)CC1. The van der Waals surface area contributed by atoms with E-state index in [0.29, 0.717) is 5.92 Å². The highest BCUT2D eigenvalue weighted by atomic mass is 16.2. The molecule has 2 heterocycles. The van der Waals surface area contributed by atoms with Gasteiger partial charge in [-0.3, -0.25) is 0 Å². The van der Waals surface area contributed by atoms with E-state index in [-0.39, 0.29) is 12.1 Å². The van der Waals surface area contributed by atoms with Gasteiger partial charge in [0.25, 0.3) is 0 Å². The second kappa shape index (κ2) is 7.47. The quantitative estimate of drug-likeness (QED) is 0.668. The van der Waals surface area contributed by atoms with E-state index in [9.17, 15) is 4.79 Å². The molecule has 1 aromatic heterocycles. The third-order valence-corrected chi connectivity index (χ3v) is 5.84. The van der Waals surface area contributed by atoms with Gasteiger partial charge in [0.15, 0.2) is 0 Å². The van der Waals surface area contributed by atoms with Crippen LogP contribution in [-0.4, -0.2) is 29.0 Å². The zero-order valence-electron chi connectivity index (χ0n) is 16.0. The molecule has 0 bridgehead atoms. The molecule has 0 radical (unpaired) electrons. The Bertz CT molecular complexity index is 937. The van der Waals surface area contributed by atoms with Crippen LogP contribution in [0.25, 0.3) is 10.9 Å². The molecule has 0 saturated carbocycles. The third kappa shape index (κ3) is 3.57. The minimum absolute atomic E-state index is 0.0186. The van der Waals surface area contributed by atoms with E-state index in [0.717, 1.165) is 25.9 Å². The van der Waals surface area contributed by atoms with Crippen molar-refractivity contribution in [3.8, 4) is 0 Å². The first-order chi connectivity index (χ1) is 13.1. The van der Waals surface area contributed by atoms with Crippen LogP contribution in [0.5, 0.6) is 0 Å². The van der Waals surface area contributed by atoms with Crippen LogP contribution >= 0.6 is 0 Å². The number of carbonyl (C=O) groups is 1. The number of likely N-dealkylation sites (tertiary alicyclic amines) is 1. The van der Waals surface area contributed by atoms with Gasteiger partial charge >= 0.3 is 6.03 Å². The number of fused-ring (bicyclic) bond motifs is 1. The fourth-order valence-electron chi connectivity index (χ4n) is 4.25. The van der Waals surface area contributed by atoms with Crippen molar-refractivity contribution < 1.29 is 4.79 Å². The lowest BCUT2D eigenvalue weighted by Crippen LogP contribution is -2.44. The van der Waals surface area contributed by atoms with Crippen LogP contribution in [0.4, 0.5) is 4.79 Å². The van der Waals surface area contributed by atoms with Crippen LogP contribution in [0, 0.1) is 6.92 Å². The molecule has 2 aromatic carbocycles. The molecule has 1 aliphatic heterocycles. The van der Waals surface area contributed by atoms with Gasteiger partial charge in [0.2, 0.25) is 0 Å². The molecular formula is C23H27N3O. The number of H-pyrrole nitrogens is 1. The molecule has 3 aromatic rings. The lowest BCUT2D eigenvalue weighted by Gasteiger charge is -2.33. The van der Waals surface area contributed by atoms with Gasteiger partial charge in [0, 0.05) is 30.2 Å². The lowest BCUT2D eigenvalue weighted by molar-refractivity contribution is 0.178. The normalized spacial score (nSPS) is 16.4. The molecule has 1 atom stereocenters. The van der Waals surface area contributed by atoms with Gasteiger partial charge < -0.3 is 15.2 Å². The standard InChI is InChI=1S/C23H27N3O/c1-16-7-3-4-8-19(16)17(2)25-23(27)26-13-11-18(12-14-26)21-15-24-22-10-6-5-9-20(21)22/h3-10,15,17-18,24H,11-14H2,1-2H3,(H,25,27). The summed E-state index contributed by atoms with van der Waals surface area (Å²) in [6.07, 6.45) is 4.16. The Morgan fingerprint density at radius 3 is 2.59 bits per heavy atom. The number of aromatic amines is 1. The van der Waals surface area contributed by atoms with Gasteiger partial charge in [0.1, 0.15) is 0 Å². The minimum Gasteiger partial charge on any atom is -0.361 e. The van der Waals surface area contributed by atoms with Crippen molar-refractivity contribution in [2.24, 2.45) is 0 Å². The molecule has 140 valence electrons. The maximum atomic E-state index is 12.7. The van der Waals surface area contributed by atoms with Crippen molar-refractivity contribution in [3.63, 3.8) is 0 Å². The molecule has 4 heteroatoms. The van der Waals surface area contributed by atoms with Crippen molar-refractivity contribution >= 4 is 16.9 Å². The lowest BCUT2D eigenvalue weighted by atomic mass is 9.89. The molecule has 0 aliphatic carbocycles. The van der Waals surface area contributed by atoms with E-state index in [1.165, 1.54) is 27.6 Å². The number of benzene rings is 2. The van der Waals surface area contributed by atoms with Crippen molar-refractivity contribution in [3.05, 3.63) is 71.4 Å². The number of urea groups is 1. The number of aromatic nitrogens is 1. The number of hydrogen-bond acceptors (Lipinski definition) is 1. The Balaban J connectivity index is 1.37. The molecular weight excluding hydrogens is 334 g/mol. The Hall–Kier alpha value is -2.75. The number of nitrogens with one attached hydrogen (secondary N) is 2. The molecule has 2 amide bonds. The summed E-state index contributed by atoms with van der Waals surface area (Å²) in [6, 6.07) is 16.8. The Morgan fingerprint density at radius 1 is 1.11 bits per heavy atom. The van der Waals surface area contributed by atoms with Gasteiger partial charge in [0.05, 0.1) is 6.04 Å². The molecule has 0 spiro atoms. The zero-order chi connectivity index (χ0) is 18.8. The summed E-state index contributed by atoms with van der Waals surface area (Å²) in [6.45, 7) is 5.75. The summed E-state index contributed by atoms with van der Waals surface area (Å²) in [4.78, 5) is 18.0. The first-order valence-corrected chi connectivity index (χ1v) is 9.80. The molecule has 1 fully saturated rings. The average Bonchev–Trinajstić information content (AvgIpc) is 3.12. The molecule has 1 unspecified atom stereocenters. The Kier molecular flexibility index (Phi) is 4.88. The number of para-hydroxylation sites is 1. The second-order valence-electron chi connectivity index (χ2n) is 7.58. The molecule has 1 saturated heterocycles. The Labute approximate surface area is 160 Å². The number of aryl methyl sites for hydroxylation is 1. The maximum Gasteiger partial charge on any atom is 0.317 e. The molecule has 4 rings (SSSR count). The van der Waals surface area contributed by atoms with Gasteiger partial charge in [-0.15, -0.1) is 0 Å². The predicted molar refractivity (Wildman–Crippen MR) is 110 cm³/mol. The molecule has 4 nitrogen and oxygen atoms in total. The summed E-state index contributed by atoms with van der Waals surface area (Å²) in [7, 11) is 0. The highest BCUT2D eigenvalue weighted by molar-refractivity contribution is 5.83. The first kappa shape index (κ1) is 17.7. The van der Waals surface area contributed by atoms with E-state index < -0.39 is 0 Å². The van der Waals surface area contributed by atoms with Crippen molar-refractivity contribution in [1.82, 2.24) is 15.2 Å². The molecule has 1 aliphatic rings.